The van der Waals surface area contributed by atoms with Crippen LogP contribution in [-0.2, 0) is 25.8 Å². The van der Waals surface area contributed by atoms with Gasteiger partial charge in [0.1, 0.15) is 0 Å². The number of esters is 1. The maximum absolute atomic E-state index is 12.0. The van der Waals surface area contributed by atoms with Crippen molar-refractivity contribution in [1.29, 1.82) is 0 Å². The molecule has 1 aliphatic carbocycles. The van der Waals surface area contributed by atoms with Crippen LogP contribution in [0, 0.1) is 35.5 Å². The second kappa shape index (κ2) is 8.61. The summed E-state index contributed by atoms with van der Waals surface area (Å²) in [5.74, 6) is 11.4. The zero-order valence-corrected chi connectivity index (χ0v) is 16.6. The minimum absolute atomic E-state index is 0.141. The lowest BCUT2D eigenvalue weighted by Crippen LogP contribution is -2.44. The lowest BCUT2D eigenvalue weighted by Gasteiger charge is -2.24. The van der Waals surface area contributed by atoms with Gasteiger partial charge in [0, 0.05) is 24.3 Å². The van der Waals surface area contributed by atoms with Crippen LogP contribution in [0.2, 0.25) is 0 Å². The van der Waals surface area contributed by atoms with E-state index < -0.39 is 20.6 Å². The number of hydrogen-bond donors (Lipinski definition) is 1. The Labute approximate surface area is 161 Å². The smallest absolute Gasteiger partial charge is 0.326 e. The highest BCUT2D eigenvalue weighted by Gasteiger charge is 2.44. The molecule has 1 fully saturated rings. The molecule has 27 heavy (non-hydrogen) atoms. The minimum atomic E-state index is -3.60. The first kappa shape index (κ1) is 21.0. The lowest BCUT2D eigenvalue weighted by atomic mass is 9.99. The maximum atomic E-state index is 12.0. The van der Waals surface area contributed by atoms with Crippen molar-refractivity contribution in [2.24, 2.45) is 11.8 Å². The molecule has 1 aliphatic rings. The van der Waals surface area contributed by atoms with Gasteiger partial charge in [0.15, 0.2) is 14.6 Å². The number of rotatable bonds is 6. The molecule has 3 atom stereocenters. The Hall–Kier alpha value is -2.28. The monoisotopic (exact) mass is 388 g/mol. The summed E-state index contributed by atoms with van der Waals surface area (Å²) in [6, 6.07) is 7.40. The van der Waals surface area contributed by atoms with E-state index in [1.807, 2.05) is 24.3 Å². The van der Waals surface area contributed by atoms with Gasteiger partial charge in [0.25, 0.3) is 0 Å². The van der Waals surface area contributed by atoms with Crippen molar-refractivity contribution in [3.05, 3.63) is 35.4 Å². The topological polar surface area (TPSA) is 80.7 Å². The Morgan fingerprint density at radius 3 is 2.48 bits per heavy atom. The third kappa shape index (κ3) is 5.35. The van der Waals surface area contributed by atoms with Crippen LogP contribution in [0.4, 0.5) is 0 Å². The van der Waals surface area contributed by atoms with E-state index in [-0.39, 0.29) is 18.9 Å². The van der Waals surface area contributed by atoms with E-state index in [9.17, 15) is 13.2 Å². The summed E-state index contributed by atoms with van der Waals surface area (Å²) in [5.41, 5.74) is 1.72. The molecule has 0 radical (unpaired) electrons. The lowest BCUT2D eigenvalue weighted by molar-refractivity contribution is -0.143. The molecule has 0 saturated heterocycles. The van der Waals surface area contributed by atoms with Crippen LogP contribution in [0.3, 0.4) is 0 Å². The normalized spacial score (nSPS) is 20.3. The van der Waals surface area contributed by atoms with Crippen LogP contribution in [0.15, 0.2) is 24.3 Å². The average molecular weight is 388 g/mol. The summed E-state index contributed by atoms with van der Waals surface area (Å²) >= 11 is 0. The second-order valence-electron chi connectivity index (χ2n) is 7.00. The summed E-state index contributed by atoms with van der Waals surface area (Å²) in [7, 11) is -2.41. The van der Waals surface area contributed by atoms with Crippen LogP contribution in [0.5, 0.6) is 0 Å². The van der Waals surface area contributed by atoms with E-state index >= 15 is 0 Å². The predicted octanol–water partition coefficient (Wildman–Crippen LogP) is 1.58. The average Bonchev–Trinajstić information content (AvgIpc) is 3.41. The Balaban J connectivity index is 1.98. The minimum Gasteiger partial charge on any atom is -0.468 e. The van der Waals surface area contributed by atoms with Crippen molar-refractivity contribution in [3.8, 4) is 23.7 Å². The summed E-state index contributed by atoms with van der Waals surface area (Å²) in [5, 5.41) is 8.96. The molecule has 1 saturated carbocycles. The first-order chi connectivity index (χ1) is 12.7. The quantitative estimate of drug-likeness (QED) is 0.591. The molecule has 144 valence electrons. The molecule has 0 spiro atoms. The number of ether oxygens (including phenoxy) is 1. The van der Waals surface area contributed by atoms with Gasteiger partial charge in [-0.25, -0.2) is 8.42 Å². The molecule has 0 heterocycles. The molecule has 1 aromatic rings. The Morgan fingerprint density at radius 2 is 1.96 bits per heavy atom. The first-order valence-corrected chi connectivity index (χ1v) is 10.6. The first-order valence-electron chi connectivity index (χ1n) is 8.70. The van der Waals surface area contributed by atoms with E-state index in [0.29, 0.717) is 12.3 Å². The number of benzene rings is 1. The van der Waals surface area contributed by atoms with Gasteiger partial charge in [-0.2, -0.15) is 0 Å². The fourth-order valence-electron chi connectivity index (χ4n) is 2.65. The molecule has 1 aromatic carbocycles. The molecule has 2 unspecified atom stereocenters. The highest BCUT2D eigenvalue weighted by molar-refractivity contribution is 7.92. The largest absolute Gasteiger partial charge is 0.468 e. The van der Waals surface area contributed by atoms with Crippen molar-refractivity contribution in [2.45, 2.75) is 30.9 Å². The van der Waals surface area contributed by atoms with Crippen LogP contribution in [0.1, 0.15) is 30.9 Å². The molecular weight excluding hydrogens is 364 g/mol. The molecule has 2 rings (SSSR count). The van der Waals surface area contributed by atoms with Gasteiger partial charge in [-0.15, -0.1) is 0 Å². The molecule has 0 bridgehead atoms. The van der Waals surface area contributed by atoms with Crippen LogP contribution in [-0.4, -0.2) is 44.2 Å². The van der Waals surface area contributed by atoms with Crippen molar-refractivity contribution < 1.29 is 23.1 Å². The molecule has 0 amide bonds. The number of carbonyl (C=O) groups is 1. The summed E-state index contributed by atoms with van der Waals surface area (Å²) in [6.45, 7) is 1.58. The van der Waals surface area contributed by atoms with Gasteiger partial charge in [-0.3, -0.25) is 4.79 Å². The zero-order valence-electron chi connectivity index (χ0n) is 15.8. The van der Waals surface area contributed by atoms with Crippen molar-refractivity contribution >= 4 is 15.8 Å². The maximum Gasteiger partial charge on any atom is 0.326 e. The number of methoxy groups -OCH3 is 1. The second-order valence-corrected chi connectivity index (χ2v) is 9.44. The molecule has 0 aliphatic heterocycles. The van der Waals surface area contributed by atoms with E-state index in [4.69, 9.17) is 5.11 Å². The van der Waals surface area contributed by atoms with Crippen molar-refractivity contribution in [3.63, 3.8) is 0 Å². The van der Waals surface area contributed by atoms with Crippen LogP contribution < -0.4 is 0 Å². The molecule has 5 nitrogen and oxygen atoms in total. The fourth-order valence-corrected chi connectivity index (χ4v) is 3.51. The summed E-state index contributed by atoms with van der Waals surface area (Å²) < 4.78 is 27.2. The molecule has 0 aromatic heterocycles. The predicted molar refractivity (Wildman–Crippen MR) is 103 cm³/mol. The molecule has 1 N–H and O–H groups in total. The Morgan fingerprint density at radius 1 is 1.30 bits per heavy atom. The van der Waals surface area contributed by atoms with Crippen molar-refractivity contribution in [2.75, 3.05) is 20.0 Å². The fraction of sp³-hybridized carbons (Fsp3) is 0.476. The van der Waals surface area contributed by atoms with Crippen LogP contribution >= 0.6 is 0 Å². The van der Waals surface area contributed by atoms with Crippen LogP contribution in [0.25, 0.3) is 0 Å². The Kier molecular flexibility index (Phi) is 6.70. The van der Waals surface area contributed by atoms with E-state index in [2.05, 4.69) is 28.4 Å². The van der Waals surface area contributed by atoms with E-state index in [1.165, 1.54) is 14.0 Å². The SMILES string of the molecule is COC(=O)C(C)(CCc1ccc(C#CC#CC2C[C@@H]2CO)cc1)S(C)(=O)=O. The highest BCUT2D eigenvalue weighted by atomic mass is 32.2. The highest BCUT2D eigenvalue weighted by Crippen LogP contribution is 2.36. The van der Waals surface area contributed by atoms with Gasteiger partial charge in [0.2, 0.25) is 0 Å². The van der Waals surface area contributed by atoms with Gasteiger partial charge in [-0.1, -0.05) is 24.0 Å². The number of aliphatic hydroxyl groups excluding tert-OH is 1. The van der Waals surface area contributed by atoms with Gasteiger partial charge < -0.3 is 9.84 Å². The molecular formula is C21H24O5S. The summed E-state index contributed by atoms with van der Waals surface area (Å²) in [4.78, 5) is 11.9. The number of carbonyl (C=O) groups excluding carboxylic acids is 1. The number of hydrogen-bond acceptors (Lipinski definition) is 5. The van der Waals surface area contributed by atoms with E-state index in [1.54, 1.807) is 0 Å². The van der Waals surface area contributed by atoms with Crippen molar-refractivity contribution in [1.82, 2.24) is 0 Å². The molecule has 6 heteroatoms. The number of aliphatic hydroxyl groups is 1. The van der Waals surface area contributed by atoms with Gasteiger partial charge in [0.05, 0.1) is 7.11 Å². The Bertz CT molecular complexity index is 909. The number of aryl methyl sites for hydroxylation is 1. The standard InChI is InChI=1S/C21H24O5S/c1-21(20(23)26-2,27(3,24)25)13-12-17-10-8-16(9-11-17)6-4-5-7-18-14-19(18)15-22/h8-11,18-19,22H,12-15H2,1-3H3/t18?,19-,21?/m1/s1. The van der Waals surface area contributed by atoms with E-state index in [0.717, 1.165) is 23.8 Å². The summed E-state index contributed by atoms with van der Waals surface area (Å²) in [6.07, 6.45) is 2.56. The zero-order chi connectivity index (χ0) is 20.1. The van der Waals surface area contributed by atoms with Gasteiger partial charge >= 0.3 is 5.97 Å². The number of sulfone groups is 1. The third-order valence-electron chi connectivity index (χ3n) is 4.96. The van der Waals surface area contributed by atoms with Gasteiger partial charge in [-0.05, 0) is 61.6 Å². The third-order valence-corrected chi connectivity index (χ3v) is 6.97.